The molecule has 146 valence electrons. The number of ether oxygens (including phenoxy) is 2. The average molecular weight is 390 g/mol. The van der Waals surface area contributed by atoms with Gasteiger partial charge in [0.25, 0.3) is 17.4 Å². The maximum absolute atomic E-state index is 13.8. The van der Waals surface area contributed by atoms with Gasteiger partial charge in [-0.1, -0.05) is 0 Å². The smallest absolute Gasteiger partial charge is 0.360 e. The van der Waals surface area contributed by atoms with E-state index in [2.05, 4.69) is 10.6 Å². The number of carbonyl (C=O) groups excluding carboxylic acids is 3. The van der Waals surface area contributed by atoms with Crippen LogP contribution in [0.25, 0.3) is 0 Å². The molecular weight excluding hydrogens is 374 g/mol. The number of carbonyl (C=O) groups is 3. The van der Waals surface area contributed by atoms with Gasteiger partial charge in [-0.05, 0) is 44.2 Å². The lowest BCUT2D eigenvalue weighted by atomic mass is 10.0. The second-order valence-electron chi connectivity index (χ2n) is 6.10. The van der Waals surface area contributed by atoms with Crippen molar-refractivity contribution < 1.29 is 32.6 Å². The summed E-state index contributed by atoms with van der Waals surface area (Å²) in [7, 11) is 0. The third kappa shape index (κ3) is 3.51. The van der Waals surface area contributed by atoms with E-state index >= 15 is 0 Å². The SMILES string of the molecule is CCOC(=O)[C@@]1(C)Oc2cc(NC(=O)c3cc(F)ccc3F)ccc2NC1=O. The molecule has 0 spiro atoms. The van der Waals surface area contributed by atoms with Gasteiger partial charge in [-0.15, -0.1) is 0 Å². The number of benzene rings is 2. The molecule has 7 nitrogen and oxygen atoms in total. The molecular formula is C19H16F2N2O5. The summed E-state index contributed by atoms with van der Waals surface area (Å²) in [5, 5.41) is 4.95. The Morgan fingerprint density at radius 2 is 1.96 bits per heavy atom. The number of rotatable bonds is 4. The lowest BCUT2D eigenvalue weighted by Gasteiger charge is -2.32. The fraction of sp³-hybridized carbons (Fsp3) is 0.211. The summed E-state index contributed by atoms with van der Waals surface area (Å²) < 4.78 is 37.5. The lowest BCUT2D eigenvalue weighted by molar-refractivity contribution is -0.165. The van der Waals surface area contributed by atoms with Crippen LogP contribution in [0.3, 0.4) is 0 Å². The fourth-order valence-electron chi connectivity index (χ4n) is 2.57. The minimum absolute atomic E-state index is 0.0627. The molecule has 1 atom stereocenters. The maximum atomic E-state index is 13.8. The van der Waals surface area contributed by atoms with Crippen molar-refractivity contribution >= 4 is 29.2 Å². The normalized spacial score (nSPS) is 17.8. The molecule has 2 N–H and O–H groups in total. The summed E-state index contributed by atoms with van der Waals surface area (Å²) >= 11 is 0. The first-order valence-electron chi connectivity index (χ1n) is 8.32. The van der Waals surface area contributed by atoms with Gasteiger partial charge in [0, 0.05) is 11.8 Å². The zero-order chi connectivity index (χ0) is 20.5. The van der Waals surface area contributed by atoms with Gasteiger partial charge < -0.3 is 20.1 Å². The van der Waals surface area contributed by atoms with Gasteiger partial charge in [-0.2, -0.15) is 0 Å². The molecule has 0 saturated carbocycles. The second-order valence-corrected chi connectivity index (χ2v) is 6.10. The molecule has 0 aliphatic carbocycles. The van der Waals surface area contributed by atoms with Crippen LogP contribution in [-0.2, 0) is 14.3 Å². The Hall–Kier alpha value is -3.49. The van der Waals surface area contributed by atoms with Crippen molar-refractivity contribution in [3.05, 3.63) is 53.6 Å². The predicted octanol–water partition coefficient (Wildman–Crippen LogP) is 2.87. The number of hydrogen-bond donors (Lipinski definition) is 2. The van der Waals surface area contributed by atoms with E-state index in [9.17, 15) is 23.2 Å². The van der Waals surface area contributed by atoms with E-state index in [1.807, 2.05) is 0 Å². The molecule has 1 aliphatic heterocycles. The van der Waals surface area contributed by atoms with Crippen LogP contribution in [0.1, 0.15) is 24.2 Å². The van der Waals surface area contributed by atoms with Crippen LogP contribution >= 0.6 is 0 Å². The van der Waals surface area contributed by atoms with Crippen LogP contribution in [-0.4, -0.2) is 30.0 Å². The minimum Gasteiger partial charge on any atom is -0.464 e. The number of esters is 1. The van der Waals surface area contributed by atoms with Crippen molar-refractivity contribution in [1.29, 1.82) is 0 Å². The van der Waals surface area contributed by atoms with E-state index in [4.69, 9.17) is 9.47 Å². The first kappa shape index (κ1) is 19.3. The van der Waals surface area contributed by atoms with Crippen LogP contribution < -0.4 is 15.4 Å². The largest absolute Gasteiger partial charge is 0.464 e. The zero-order valence-corrected chi connectivity index (χ0v) is 15.0. The molecule has 0 fully saturated rings. The highest BCUT2D eigenvalue weighted by atomic mass is 19.1. The number of halogens is 2. The first-order chi connectivity index (χ1) is 13.2. The number of nitrogens with one attached hydrogen (secondary N) is 2. The lowest BCUT2D eigenvalue weighted by Crippen LogP contribution is -2.55. The van der Waals surface area contributed by atoms with Gasteiger partial charge in [0.15, 0.2) is 0 Å². The summed E-state index contributed by atoms with van der Waals surface area (Å²) in [6.45, 7) is 2.92. The minimum atomic E-state index is -1.90. The highest BCUT2D eigenvalue weighted by Gasteiger charge is 2.48. The number of amides is 2. The van der Waals surface area contributed by atoms with Gasteiger partial charge in [0.1, 0.15) is 17.4 Å². The van der Waals surface area contributed by atoms with E-state index in [1.54, 1.807) is 6.92 Å². The van der Waals surface area contributed by atoms with Gasteiger partial charge in [-0.3, -0.25) is 9.59 Å². The Bertz CT molecular complexity index is 979. The van der Waals surface area contributed by atoms with Crippen molar-refractivity contribution in [3.63, 3.8) is 0 Å². The van der Waals surface area contributed by atoms with Crippen LogP contribution in [0.2, 0.25) is 0 Å². The van der Waals surface area contributed by atoms with Crippen LogP contribution in [0.15, 0.2) is 36.4 Å². The molecule has 2 amide bonds. The molecule has 0 aromatic heterocycles. The molecule has 2 aromatic carbocycles. The predicted molar refractivity (Wildman–Crippen MR) is 95.0 cm³/mol. The monoisotopic (exact) mass is 390 g/mol. The Balaban J connectivity index is 1.86. The molecule has 3 rings (SSSR count). The standard InChI is InChI=1S/C19H16F2N2O5/c1-3-27-18(26)19(2)17(25)23-14-7-5-11(9-15(14)28-19)22-16(24)12-8-10(20)4-6-13(12)21/h4-9H,3H2,1-2H3,(H,22,24)(H,23,25)/t19-/m0/s1. The quantitative estimate of drug-likeness (QED) is 0.619. The summed E-state index contributed by atoms with van der Waals surface area (Å²) in [5.41, 5.74) is -1.90. The topological polar surface area (TPSA) is 93.7 Å². The number of hydrogen-bond acceptors (Lipinski definition) is 5. The summed E-state index contributed by atoms with van der Waals surface area (Å²) in [6.07, 6.45) is 0. The summed E-state index contributed by atoms with van der Waals surface area (Å²) in [6, 6.07) is 6.75. The van der Waals surface area contributed by atoms with Gasteiger partial charge in [0.05, 0.1) is 17.9 Å². The number of fused-ring (bicyclic) bond motifs is 1. The van der Waals surface area contributed by atoms with Gasteiger partial charge >= 0.3 is 5.97 Å². The molecule has 1 aliphatic rings. The van der Waals surface area contributed by atoms with Gasteiger partial charge in [0.2, 0.25) is 0 Å². The van der Waals surface area contributed by atoms with Crippen molar-refractivity contribution in [2.45, 2.75) is 19.4 Å². The van der Waals surface area contributed by atoms with Crippen molar-refractivity contribution in [3.8, 4) is 5.75 Å². The molecule has 1 heterocycles. The van der Waals surface area contributed by atoms with E-state index in [1.165, 1.54) is 25.1 Å². The maximum Gasteiger partial charge on any atom is 0.360 e. The third-order valence-electron chi connectivity index (χ3n) is 4.07. The summed E-state index contributed by atoms with van der Waals surface area (Å²) in [5.74, 6) is -3.97. The highest BCUT2D eigenvalue weighted by molar-refractivity contribution is 6.14. The number of anilines is 2. The van der Waals surface area contributed by atoms with Crippen LogP contribution in [0.4, 0.5) is 20.2 Å². The van der Waals surface area contributed by atoms with Crippen LogP contribution in [0.5, 0.6) is 5.75 Å². The molecule has 0 radical (unpaired) electrons. The fourth-order valence-corrected chi connectivity index (χ4v) is 2.57. The molecule has 2 aromatic rings. The Morgan fingerprint density at radius 1 is 1.21 bits per heavy atom. The van der Waals surface area contributed by atoms with Crippen molar-refractivity contribution in [1.82, 2.24) is 0 Å². The van der Waals surface area contributed by atoms with E-state index in [0.29, 0.717) is 0 Å². The first-order valence-corrected chi connectivity index (χ1v) is 8.32. The molecule has 0 saturated heterocycles. The molecule has 0 bridgehead atoms. The Labute approximate surface area is 158 Å². The summed E-state index contributed by atoms with van der Waals surface area (Å²) in [4.78, 5) is 36.6. The van der Waals surface area contributed by atoms with E-state index in [0.717, 1.165) is 18.2 Å². The zero-order valence-electron chi connectivity index (χ0n) is 15.0. The molecule has 28 heavy (non-hydrogen) atoms. The third-order valence-corrected chi connectivity index (χ3v) is 4.07. The second kappa shape index (κ2) is 7.26. The Kier molecular flexibility index (Phi) is 5.00. The highest BCUT2D eigenvalue weighted by Crippen LogP contribution is 2.36. The van der Waals surface area contributed by atoms with Crippen molar-refractivity contribution in [2.75, 3.05) is 17.2 Å². The van der Waals surface area contributed by atoms with E-state index < -0.39 is 40.6 Å². The van der Waals surface area contributed by atoms with Gasteiger partial charge in [-0.25, -0.2) is 13.6 Å². The van der Waals surface area contributed by atoms with Crippen LogP contribution in [0, 0.1) is 11.6 Å². The average Bonchev–Trinajstić information content (AvgIpc) is 2.65. The van der Waals surface area contributed by atoms with Crippen molar-refractivity contribution in [2.24, 2.45) is 0 Å². The van der Waals surface area contributed by atoms with E-state index in [-0.39, 0.29) is 23.7 Å². The molecule has 0 unspecified atom stereocenters. The molecule has 9 heteroatoms. The Morgan fingerprint density at radius 3 is 2.68 bits per heavy atom.